The topological polar surface area (TPSA) is 79.4 Å². The van der Waals surface area contributed by atoms with E-state index in [2.05, 4.69) is 10.3 Å². The number of carbonyl (C=O) groups is 3. The third-order valence-corrected chi connectivity index (χ3v) is 6.07. The van der Waals surface area contributed by atoms with Gasteiger partial charge in [0.1, 0.15) is 6.54 Å². The van der Waals surface area contributed by atoms with Crippen LogP contribution in [-0.4, -0.2) is 34.2 Å². The highest BCUT2D eigenvalue weighted by Crippen LogP contribution is 2.35. The number of likely N-dealkylation sites (tertiary alicyclic amines) is 1. The molecule has 1 fully saturated rings. The maximum atomic E-state index is 12.4. The maximum absolute atomic E-state index is 12.4. The number of nitrogens with zero attached hydrogens (tertiary/aromatic N) is 2. The van der Waals surface area contributed by atoms with E-state index in [1.807, 2.05) is 12.2 Å². The largest absolute Gasteiger partial charge is 0.300 e. The van der Waals surface area contributed by atoms with Gasteiger partial charge in [0.2, 0.25) is 17.7 Å². The molecule has 1 aromatic heterocycles. The van der Waals surface area contributed by atoms with Gasteiger partial charge in [-0.2, -0.15) is 0 Å². The first kappa shape index (κ1) is 15.5. The minimum atomic E-state index is -0.352. The summed E-state index contributed by atoms with van der Waals surface area (Å²) >= 11 is 1.50. The number of allylic oxidation sites excluding steroid dienone is 2. The minimum absolute atomic E-state index is 0.213. The summed E-state index contributed by atoms with van der Waals surface area (Å²) in [5, 5.41) is 3.33. The van der Waals surface area contributed by atoms with Gasteiger partial charge in [0.05, 0.1) is 17.5 Å². The smallest absolute Gasteiger partial charge is 0.246 e. The van der Waals surface area contributed by atoms with Crippen molar-refractivity contribution in [3.05, 3.63) is 22.7 Å². The lowest BCUT2D eigenvalue weighted by Crippen LogP contribution is -2.38. The van der Waals surface area contributed by atoms with E-state index in [-0.39, 0.29) is 36.1 Å². The maximum Gasteiger partial charge on any atom is 0.246 e. The summed E-state index contributed by atoms with van der Waals surface area (Å²) in [6, 6.07) is 0. The summed E-state index contributed by atoms with van der Waals surface area (Å²) in [6.45, 7) is -0.213. The van der Waals surface area contributed by atoms with Crippen LogP contribution in [-0.2, 0) is 27.2 Å². The Hall–Kier alpha value is -2.02. The number of aryl methyl sites for hydroxylation is 2. The van der Waals surface area contributed by atoms with Gasteiger partial charge in [0.25, 0.3) is 0 Å². The predicted molar refractivity (Wildman–Crippen MR) is 89.5 cm³/mol. The van der Waals surface area contributed by atoms with Gasteiger partial charge >= 0.3 is 0 Å². The van der Waals surface area contributed by atoms with Gasteiger partial charge in [0.15, 0.2) is 5.13 Å². The molecule has 0 bridgehead atoms. The van der Waals surface area contributed by atoms with Crippen molar-refractivity contribution in [1.29, 1.82) is 0 Å². The highest BCUT2D eigenvalue weighted by molar-refractivity contribution is 7.15. The van der Waals surface area contributed by atoms with Crippen LogP contribution in [0.3, 0.4) is 0 Å². The fourth-order valence-electron chi connectivity index (χ4n) is 3.73. The number of nitrogens with one attached hydrogen (secondary N) is 1. The Balaban J connectivity index is 1.42. The first-order valence-corrected chi connectivity index (χ1v) is 9.24. The van der Waals surface area contributed by atoms with E-state index in [0.717, 1.165) is 36.3 Å². The Morgan fingerprint density at radius 2 is 1.83 bits per heavy atom. The van der Waals surface area contributed by atoms with Crippen molar-refractivity contribution in [2.45, 2.75) is 38.5 Å². The van der Waals surface area contributed by atoms with E-state index in [1.165, 1.54) is 16.2 Å². The summed E-state index contributed by atoms with van der Waals surface area (Å²) in [7, 11) is 0. The first-order chi connectivity index (χ1) is 11.6. The summed E-state index contributed by atoms with van der Waals surface area (Å²) in [5.41, 5.74) is 1.08. The van der Waals surface area contributed by atoms with E-state index in [9.17, 15) is 14.4 Å². The zero-order chi connectivity index (χ0) is 16.7. The van der Waals surface area contributed by atoms with Gasteiger partial charge in [-0.3, -0.25) is 19.3 Å². The van der Waals surface area contributed by atoms with Gasteiger partial charge in [-0.25, -0.2) is 4.98 Å². The van der Waals surface area contributed by atoms with Crippen LogP contribution >= 0.6 is 11.3 Å². The molecule has 4 rings (SSSR count). The molecule has 2 heterocycles. The Labute approximate surface area is 143 Å². The fourth-order valence-corrected chi connectivity index (χ4v) is 4.80. The van der Waals surface area contributed by atoms with Gasteiger partial charge < -0.3 is 5.32 Å². The van der Waals surface area contributed by atoms with Crippen LogP contribution in [0, 0.1) is 11.8 Å². The van der Waals surface area contributed by atoms with Crippen LogP contribution in [0.2, 0.25) is 0 Å². The van der Waals surface area contributed by atoms with Crippen LogP contribution in [0.4, 0.5) is 5.13 Å². The van der Waals surface area contributed by atoms with E-state index in [1.54, 1.807) is 0 Å². The number of fused-ring (bicyclic) bond motifs is 2. The molecule has 1 aliphatic heterocycles. The second-order valence-corrected chi connectivity index (χ2v) is 7.65. The van der Waals surface area contributed by atoms with Crippen molar-refractivity contribution >= 4 is 34.2 Å². The van der Waals surface area contributed by atoms with Crippen LogP contribution < -0.4 is 5.32 Å². The zero-order valence-corrected chi connectivity index (χ0v) is 14.1. The molecule has 3 amide bonds. The molecule has 0 saturated carbocycles. The van der Waals surface area contributed by atoms with E-state index >= 15 is 0 Å². The third-order valence-electron chi connectivity index (χ3n) is 4.99. The molecule has 7 heteroatoms. The molecule has 2 unspecified atom stereocenters. The van der Waals surface area contributed by atoms with Crippen LogP contribution in [0.5, 0.6) is 0 Å². The van der Waals surface area contributed by atoms with Crippen LogP contribution in [0.15, 0.2) is 12.2 Å². The highest BCUT2D eigenvalue weighted by Gasteiger charge is 2.47. The van der Waals surface area contributed by atoms with Crippen LogP contribution in [0.25, 0.3) is 0 Å². The second kappa shape index (κ2) is 6.12. The molecule has 2 aliphatic carbocycles. The molecule has 1 saturated heterocycles. The number of amides is 3. The zero-order valence-electron chi connectivity index (χ0n) is 13.3. The Morgan fingerprint density at radius 3 is 2.50 bits per heavy atom. The van der Waals surface area contributed by atoms with E-state index in [0.29, 0.717) is 18.0 Å². The molecule has 1 aromatic rings. The van der Waals surface area contributed by atoms with Crippen molar-refractivity contribution < 1.29 is 14.4 Å². The Kier molecular flexibility index (Phi) is 3.96. The minimum Gasteiger partial charge on any atom is -0.300 e. The first-order valence-electron chi connectivity index (χ1n) is 8.42. The molecular weight excluding hydrogens is 326 g/mol. The van der Waals surface area contributed by atoms with Gasteiger partial charge in [-0.05, 0) is 38.5 Å². The number of carbonyl (C=O) groups excluding carboxylic acids is 3. The molecule has 2 atom stereocenters. The van der Waals surface area contributed by atoms with Crippen molar-refractivity contribution in [1.82, 2.24) is 9.88 Å². The summed E-state index contributed by atoms with van der Waals surface area (Å²) < 4.78 is 0. The average molecular weight is 345 g/mol. The molecule has 0 aromatic carbocycles. The number of rotatable bonds is 3. The van der Waals surface area contributed by atoms with Gasteiger partial charge in [-0.15, -0.1) is 11.3 Å². The quantitative estimate of drug-likeness (QED) is 0.670. The van der Waals surface area contributed by atoms with E-state index < -0.39 is 0 Å². The summed E-state index contributed by atoms with van der Waals surface area (Å²) in [4.78, 5) is 43.8. The molecule has 6 nitrogen and oxygen atoms in total. The molecule has 0 radical (unpaired) electrons. The molecule has 0 spiro atoms. The Bertz CT molecular complexity index is 690. The van der Waals surface area contributed by atoms with Crippen molar-refractivity contribution in [3.63, 3.8) is 0 Å². The number of thiazole rings is 1. The number of hydrogen-bond donors (Lipinski definition) is 1. The monoisotopic (exact) mass is 345 g/mol. The van der Waals surface area contributed by atoms with Crippen molar-refractivity contribution in [2.75, 3.05) is 11.9 Å². The third kappa shape index (κ3) is 2.66. The molecule has 24 heavy (non-hydrogen) atoms. The molecule has 3 aliphatic rings. The Morgan fingerprint density at radius 1 is 1.17 bits per heavy atom. The summed E-state index contributed by atoms with van der Waals surface area (Å²) in [5.74, 6) is -1.37. The lowest BCUT2D eigenvalue weighted by molar-refractivity contribution is -0.142. The standard InChI is InChI=1S/C17H19N3O3S/c21-14(19-17-18-12-7-3-4-8-13(12)24-17)9-20-15(22)10-5-1-2-6-11(10)16(20)23/h1-2,10-11H,3-9H2,(H,18,19,21). The molecular formula is C17H19N3O3S. The predicted octanol–water partition coefficient (Wildman–Crippen LogP) is 1.91. The number of hydrogen-bond acceptors (Lipinski definition) is 5. The summed E-state index contributed by atoms with van der Waals surface area (Å²) in [6.07, 6.45) is 9.34. The SMILES string of the molecule is O=C(CN1C(=O)C2CC=CCC2C1=O)Nc1nc2c(s1)CCCC2. The van der Waals surface area contributed by atoms with Crippen molar-refractivity contribution in [3.8, 4) is 0 Å². The number of imide groups is 1. The van der Waals surface area contributed by atoms with Crippen LogP contribution in [0.1, 0.15) is 36.3 Å². The van der Waals surface area contributed by atoms with E-state index in [4.69, 9.17) is 0 Å². The normalized spacial score (nSPS) is 25.6. The van der Waals surface area contributed by atoms with Gasteiger partial charge in [-0.1, -0.05) is 12.2 Å². The number of anilines is 1. The highest BCUT2D eigenvalue weighted by atomic mass is 32.1. The lowest BCUT2D eigenvalue weighted by atomic mass is 9.85. The number of aromatic nitrogens is 1. The lowest BCUT2D eigenvalue weighted by Gasteiger charge is -2.14. The van der Waals surface area contributed by atoms with Gasteiger partial charge in [0, 0.05) is 4.88 Å². The molecule has 1 N–H and O–H groups in total. The van der Waals surface area contributed by atoms with Crippen molar-refractivity contribution in [2.24, 2.45) is 11.8 Å². The average Bonchev–Trinajstić information content (AvgIpc) is 3.09. The fraction of sp³-hybridized carbons (Fsp3) is 0.529. The second-order valence-electron chi connectivity index (χ2n) is 6.56. The molecule has 126 valence electrons.